The van der Waals surface area contributed by atoms with Gasteiger partial charge in [-0.25, -0.2) is 0 Å². The molecule has 1 heteroatoms. The van der Waals surface area contributed by atoms with Crippen molar-refractivity contribution in [2.45, 2.75) is 53.1 Å². The molecule has 0 aromatic carbocycles. The Balaban J connectivity index is 2.39. The SMILES string of the molecule is CC(C)C12CCC(C(O)C1)C2(C)C. The molecule has 1 nitrogen and oxygen atoms in total. The van der Waals surface area contributed by atoms with E-state index in [4.69, 9.17) is 0 Å². The molecule has 0 aliphatic heterocycles. The lowest BCUT2D eigenvalue weighted by Crippen LogP contribution is -2.35. The number of hydrogen-bond donors (Lipinski definition) is 1. The summed E-state index contributed by atoms with van der Waals surface area (Å²) in [6.45, 7) is 9.37. The average Bonchev–Trinajstić information content (AvgIpc) is 2.35. The van der Waals surface area contributed by atoms with Crippen LogP contribution in [0.4, 0.5) is 0 Å². The summed E-state index contributed by atoms with van der Waals surface area (Å²) in [6, 6.07) is 0. The summed E-state index contributed by atoms with van der Waals surface area (Å²) in [5, 5.41) is 9.97. The van der Waals surface area contributed by atoms with Gasteiger partial charge >= 0.3 is 0 Å². The first kappa shape index (κ1) is 9.51. The van der Waals surface area contributed by atoms with Crippen LogP contribution in [0.25, 0.3) is 0 Å². The highest BCUT2D eigenvalue weighted by Crippen LogP contribution is 2.68. The first-order chi connectivity index (χ1) is 5.92. The fourth-order valence-electron chi connectivity index (χ4n) is 4.29. The van der Waals surface area contributed by atoms with Crippen molar-refractivity contribution in [3.63, 3.8) is 0 Å². The molecule has 2 bridgehead atoms. The molecule has 0 heterocycles. The second-order valence-corrected chi connectivity index (χ2v) is 5.95. The highest BCUT2D eigenvalue weighted by atomic mass is 16.3. The maximum Gasteiger partial charge on any atom is 0.0579 e. The van der Waals surface area contributed by atoms with Crippen molar-refractivity contribution in [1.82, 2.24) is 0 Å². The van der Waals surface area contributed by atoms with Crippen molar-refractivity contribution >= 4 is 0 Å². The predicted molar refractivity (Wildman–Crippen MR) is 54.4 cm³/mol. The lowest BCUT2D eigenvalue weighted by Gasteiger charge is -2.41. The number of rotatable bonds is 1. The molecule has 3 atom stereocenters. The van der Waals surface area contributed by atoms with Gasteiger partial charge < -0.3 is 5.11 Å². The maximum absolute atomic E-state index is 9.97. The summed E-state index contributed by atoms with van der Waals surface area (Å²) in [7, 11) is 0. The number of hydrogen-bond acceptors (Lipinski definition) is 1. The van der Waals surface area contributed by atoms with Gasteiger partial charge in [-0.2, -0.15) is 0 Å². The molecule has 0 saturated heterocycles. The Morgan fingerprint density at radius 3 is 2.15 bits per heavy atom. The molecule has 0 aromatic rings. The van der Waals surface area contributed by atoms with Gasteiger partial charge in [0.05, 0.1) is 6.10 Å². The Bertz CT molecular complexity index is 219. The van der Waals surface area contributed by atoms with E-state index in [1.54, 1.807) is 0 Å². The molecule has 2 aliphatic rings. The first-order valence-electron chi connectivity index (χ1n) is 5.60. The van der Waals surface area contributed by atoms with Crippen molar-refractivity contribution in [3.8, 4) is 0 Å². The maximum atomic E-state index is 9.97. The quantitative estimate of drug-likeness (QED) is 0.661. The minimum atomic E-state index is -0.0221. The minimum absolute atomic E-state index is 0.0221. The summed E-state index contributed by atoms with van der Waals surface area (Å²) in [5.74, 6) is 1.28. The van der Waals surface area contributed by atoms with Crippen LogP contribution in [0.3, 0.4) is 0 Å². The summed E-state index contributed by atoms with van der Waals surface area (Å²) in [6.07, 6.45) is 3.60. The van der Waals surface area contributed by atoms with E-state index in [1.807, 2.05) is 0 Å². The normalized spacial score (nSPS) is 47.5. The van der Waals surface area contributed by atoms with E-state index in [0.29, 0.717) is 22.7 Å². The third-order valence-corrected chi connectivity index (χ3v) is 5.25. The molecular formula is C12H22O. The van der Waals surface area contributed by atoms with E-state index in [-0.39, 0.29) is 6.10 Å². The molecule has 2 fully saturated rings. The number of fused-ring (bicyclic) bond motifs is 2. The van der Waals surface area contributed by atoms with Crippen molar-refractivity contribution in [2.75, 3.05) is 0 Å². The molecule has 1 N–H and O–H groups in total. The Kier molecular flexibility index (Phi) is 1.83. The highest BCUT2D eigenvalue weighted by molar-refractivity contribution is 5.12. The fraction of sp³-hybridized carbons (Fsp3) is 1.00. The van der Waals surface area contributed by atoms with Gasteiger partial charge in [-0.3, -0.25) is 0 Å². The van der Waals surface area contributed by atoms with Gasteiger partial charge in [-0.05, 0) is 41.9 Å². The van der Waals surface area contributed by atoms with Crippen molar-refractivity contribution in [3.05, 3.63) is 0 Å². The molecule has 2 rings (SSSR count). The molecule has 2 aliphatic carbocycles. The van der Waals surface area contributed by atoms with E-state index in [2.05, 4.69) is 27.7 Å². The summed E-state index contributed by atoms with van der Waals surface area (Å²) in [5.41, 5.74) is 0.789. The van der Waals surface area contributed by atoms with Crippen LogP contribution in [0.2, 0.25) is 0 Å². The van der Waals surface area contributed by atoms with Gasteiger partial charge in [-0.15, -0.1) is 0 Å². The van der Waals surface area contributed by atoms with Gasteiger partial charge in [0.25, 0.3) is 0 Å². The Morgan fingerprint density at radius 1 is 1.31 bits per heavy atom. The second-order valence-electron chi connectivity index (χ2n) is 5.95. The standard InChI is InChI=1S/C12H22O/c1-8(2)12-6-5-9(10(13)7-12)11(12,3)4/h8-10,13H,5-7H2,1-4H3. The summed E-state index contributed by atoms with van der Waals surface area (Å²) >= 11 is 0. The second kappa shape index (κ2) is 2.50. The fourth-order valence-corrected chi connectivity index (χ4v) is 4.29. The van der Waals surface area contributed by atoms with E-state index in [9.17, 15) is 5.11 Å². The van der Waals surface area contributed by atoms with Crippen LogP contribution in [0, 0.1) is 22.7 Å². The minimum Gasteiger partial charge on any atom is -0.393 e. The Hall–Kier alpha value is -0.0400. The van der Waals surface area contributed by atoms with Crippen LogP contribution in [0.5, 0.6) is 0 Å². The van der Waals surface area contributed by atoms with Gasteiger partial charge in [-0.1, -0.05) is 27.7 Å². The summed E-state index contributed by atoms with van der Waals surface area (Å²) < 4.78 is 0. The number of aliphatic hydroxyl groups excluding tert-OH is 1. The zero-order valence-corrected chi connectivity index (χ0v) is 9.30. The van der Waals surface area contributed by atoms with Crippen LogP contribution in [0.15, 0.2) is 0 Å². The largest absolute Gasteiger partial charge is 0.393 e. The molecule has 76 valence electrons. The van der Waals surface area contributed by atoms with E-state index >= 15 is 0 Å². The molecule has 0 radical (unpaired) electrons. The lowest BCUT2D eigenvalue weighted by atomic mass is 9.63. The molecule has 0 aromatic heterocycles. The van der Waals surface area contributed by atoms with Crippen molar-refractivity contribution in [2.24, 2.45) is 22.7 Å². The van der Waals surface area contributed by atoms with Gasteiger partial charge in [0.1, 0.15) is 0 Å². The van der Waals surface area contributed by atoms with Crippen LogP contribution in [0.1, 0.15) is 47.0 Å². The summed E-state index contributed by atoms with van der Waals surface area (Å²) in [4.78, 5) is 0. The zero-order chi connectivity index (χ0) is 9.85. The molecule has 2 saturated carbocycles. The predicted octanol–water partition coefficient (Wildman–Crippen LogP) is 2.83. The highest BCUT2D eigenvalue weighted by Gasteiger charge is 2.63. The van der Waals surface area contributed by atoms with E-state index < -0.39 is 0 Å². The smallest absolute Gasteiger partial charge is 0.0579 e. The average molecular weight is 182 g/mol. The third-order valence-electron chi connectivity index (χ3n) is 5.25. The van der Waals surface area contributed by atoms with Crippen LogP contribution < -0.4 is 0 Å². The van der Waals surface area contributed by atoms with Crippen LogP contribution in [-0.4, -0.2) is 11.2 Å². The van der Waals surface area contributed by atoms with Crippen LogP contribution in [-0.2, 0) is 0 Å². The molecule has 0 spiro atoms. The molecule has 13 heavy (non-hydrogen) atoms. The molecule has 0 amide bonds. The van der Waals surface area contributed by atoms with Crippen LogP contribution >= 0.6 is 0 Å². The van der Waals surface area contributed by atoms with Gasteiger partial charge in [0.15, 0.2) is 0 Å². The van der Waals surface area contributed by atoms with E-state index in [1.165, 1.54) is 12.8 Å². The monoisotopic (exact) mass is 182 g/mol. The topological polar surface area (TPSA) is 20.2 Å². The lowest BCUT2D eigenvalue weighted by molar-refractivity contribution is 0.0640. The third kappa shape index (κ3) is 0.918. The number of aliphatic hydroxyl groups is 1. The van der Waals surface area contributed by atoms with Gasteiger partial charge in [0.2, 0.25) is 0 Å². The van der Waals surface area contributed by atoms with Gasteiger partial charge in [0, 0.05) is 0 Å². The molecular weight excluding hydrogens is 160 g/mol. The molecule has 3 unspecified atom stereocenters. The van der Waals surface area contributed by atoms with Crippen molar-refractivity contribution < 1.29 is 5.11 Å². The van der Waals surface area contributed by atoms with E-state index in [0.717, 1.165) is 6.42 Å². The van der Waals surface area contributed by atoms with Crippen molar-refractivity contribution in [1.29, 1.82) is 0 Å². The first-order valence-corrected chi connectivity index (χ1v) is 5.60. The Morgan fingerprint density at radius 2 is 1.92 bits per heavy atom. The Labute approximate surface area is 81.5 Å². The zero-order valence-electron chi connectivity index (χ0n) is 9.30.